The van der Waals surface area contributed by atoms with Crippen LogP contribution in [0.4, 0.5) is 0 Å². The third kappa shape index (κ3) is 4.00. The maximum atomic E-state index is 11.4. The molecule has 0 fully saturated rings. The third-order valence-electron chi connectivity index (χ3n) is 2.89. The summed E-state index contributed by atoms with van der Waals surface area (Å²) in [5.74, 6) is 0.478. The molecule has 0 aromatic heterocycles. The van der Waals surface area contributed by atoms with E-state index in [1.54, 1.807) is 12.1 Å². The van der Waals surface area contributed by atoms with E-state index in [9.17, 15) is 4.79 Å². The second-order valence-electron chi connectivity index (χ2n) is 4.26. The van der Waals surface area contributed by atoms with Crippen LogP contribution in [0.5, 0.6) is 5.75 Å². The summed E-state index contributed by atoms with van der Waals surface area (Å²) in [7, 11) is 1.38. The number of halogens is 1. The van der Waals surface area contributed by atoms with E-state index in [1.165, 1.54) is 7.11 Å². The molecule has 0 aliphatic heterocycles. The molecule has 0 unspecified atom stereocenters. The first-order valence-corrected chi connectivity index (χ1v) is 6.59. The summed E-state index contributed by atoms with van der Waals surface area (Å²) < 4.78 is 10.4. The molecule has 3 nitrogen and oxygen atoms in total. The van der Waals surface area contributed by atoms with Crippen molar-refractivity contribution in [1.82, 2.24) is 0 Å². The molecule has 0 N–H and O–H groups in total. The van der Waals surface area contributed by atoms with Crippen molar-refractivity contribution >= 4 is 17.6 Å². The van der Waals surface area contributed by atoms with Gasteiger partial charge < -0.3 is 9.47 Å². The average Bonchev–Trinajstić information content (AvgIpc) is 2.48. The Morgan fingerprint density at radius 3 is 2.35 bits per heavy atom. The number of carbonyl (C=O) groups excluding carboxylic acids is 1. The van der Waals surface area contributed by atoms with Gasteiger partial charge in [-0.3, -0.25) is 4.79 Å². The lowest BCUT2D eigenvalue weighted by Gasteiger charge is -2.10. The van der Waals surface area contributed by atoms with Gasteiger partial charge in [-0.25, -0.2) is 0 Å². The second-order valence-corrected chi connectivity index (χ2v) is 4.70. The molecule has 0 radical (unpaired) electrons. The van der Waals surface area contributed by atoms with Crippen molar-refractivity contribution in [3.8, 4) is 5.75 Å². The number of hydrogen-bond donors (Lipinski definition) is 0. The van der Waals surface area contributed by atoms with Crippen molar-refractivity contribution in [1.29, 1.82) is 0 Å². The Morgan fingerprint density at radius 2 is 1.70 bits per heavy atom. The van der Waals surface area contributed by atoms with E-state index in [0.717, 1.165) is 16.9 Å². The Labute approximate surface area is 123 Å². The zero-order valence-corrected chi connectivity index (χ0v) is 11.9. The highest BCUT2D eigenvalue weighted by Gasteiger charge is 2.08. The monoisotopic (exact) mass is 290 g/mol. The van der Waals surface area contributed by atoms with Gasteiger partial charge in [0, 0.05) is 5.02 Å². The van der Waals surface area contributed by atoms with Gasteiger partial charge in [-0.05, 0) is 35.4 Å². The normalized spacial score (nSPS) is 10.1. The molecule has 0 aliphatic carbocycles. The maximum Gasteiger partial charge on any atom is 0.309 e. The molecule has 0 atom stereocenters. The SMILES string of the molecule is COC(=O)Cc1ccccc1COc1ccc(Cl)cc1. The minimum Gasteiger partial charge on any atom is -0.489 e. The Balaban J connectivity index is 2.05. The van der Waals surface area contributed by atoms with Gasteiger partial charge in [0.2, 0.25) is 0 Å². The molecule has 0 spiro atoms. The predicted octanol–water partition coefficient (Wildman–Crippen LogP) is 3.63. The molecule has 0 saturated carbocycles. The number of esters is 1. The molecule has 0 heterocycles. The fourth-order valence-corrected chi connectivity index (χ4v) is 1.92. The zero-order chi connectivity index (χ0) is 14.4. The van der Waals surface area contributed by atoms with Crippen molar-refractivity contribution in [3.63, 3.8) is 0 Å². The molecule has 0 aliphatic rings. The zero-order valence-electron chi connectivity index (χ0n) is 11.1. The van der Waals surface area contributed by atoms with Gasteiger partial charge in [0.15, 0.2) is 0 Å². The van der Waals surface area contributed by atoms with Gasteiger partial charge in [-0.15, -0.1) is 0 Å². The minimum atomic E-state index is -0.260. The molecule has 0 saturated heterocycles. The fourth-order valence-electron chi connectivity index (χ4n) is 1.79. The van der Waals surface area contributed by atoms with Crippen LogP contribution in [0.25, 0.3) is 0 Å². The van der Waals surface area contributed by atoms with Crippen LogP contribution in [0, 0.1) is 0 Å². The molecule has 104 valence electrons. The summed E-state index contributed by atoms with van der Waals surface area (Å²) in [6.45, 7) is 0.398. The van der Waals surface area contributed by atoms with Crippen LogP contribution < -0.4 is 4.74 Å². The number of hydrogen-bond acceptors (Lipinski definition) is 3. The van der Waals surface area contributed by atoms with Crippen LogP contribution in [0.2, 0.25) is 5.02 Å². The van der Waals surface area contributed by atoms with E-state index in [4.69, 9.17) is 21.1 Å². The molecule has 2 aromatic carbocycles. The highest BCUT2D eigenvalue weighted by molar-refractivity contribution is 6.30. The lowest BCUT2D eigenvalue weighted by atomic mass is 10.1. The van der Waals surface area contributed by atoms with Gasteiger partial charge in [0.05, 0.1) is 13.5 Å². The van der Waals surface area contributed by atoms with Crippen LogP contribution in [0.3, 0.4) is 0 Å². The molecule has 2 rings (SSSR count). The number of methoxy groups -OCH3 is 1. The summed E-state index contributed by atoms with van der Waals surface area (Å²) in [6.07, 6.45) is 0.247. The summed E-state index contributed by atoms with van der Waals surface area (Å²) >= 11 is 5.82. The molecular formula is C16H15ClO3. The van der Waals surface area contributed by atoms with Crippen LogP contribution in [0.1, 0.15) is 11.1 Å². The number of benzene rings is 2. The summed E-state index contributed by atoms with van der Waals surface area (Å²) in [4.78, 5) is 11.4. The first-order valence-electron chi connectivity index (χ1n) is 6.21. The fraction of sp³-hybridized carbons (Fsp3) is 0.188. The van der Waals surface area contributed by atoms with Crippen LogP contribution in [-0.2, 0) is 22.6 Å². The van der Waals surface area contributed by atoms with Crippen LogP contribution in [0.15, 0.2) is 48.5 Å². The van der Waals surface area contributed by atoms with E-state index in [-0.39, 0.29) is 12.4 Å². The molecule has 4 heteroatoms. The highest BCUT2D eigenvalue weighted by atomic mass is 35.5. The van der Waals surface area contributed by atoms with E-state index in [2.05, 4.69) is 0 Å². The van der Waals surface area contributed by atoms with E-state index in [1.807, 2.05) is 36.4 Å². The van der Waals surface area contributed by atoms with Gasteiger partial charge in [-0.2, -0.15) is 0 Å². The molecule has 0 amide bonds. The minimum absolute atomic E-state index is 0.247. The third-order valence-corrected chi connectivity index (χ3v) is 3.14. The quantitative estimate of drug-likeness (QED) is 0.789. The van der Waals surface area contributed by atoms with Crippen molar-refractivity contribution < 1.29 is 14.3 Å². The summed E-state index contributed by atoms with van der Waals surface area (Å²) in [5.41, 5.74) is 1.88. The first kappa shape index (κ1) is 14.4. The average molecular weight is 291 g/mol. The van der Waals surface area contributed by atoms with Gasteiger partial charge in [-0.1, -0.05) is 35.9 Å². The topological polar surface area (TPSA) is 35.5 Å². The second kappa shape index (κ2) is 6.96. The van der Waals surface area contributed by atoms with Gasteiger partial charge in [0.1, 0.15) is 12.4 Å². The van der Waals surface area contributed by atoms with E-state index < -0.39 is 0 Å². The summed E-state index contributed by atoms with van der Waals surface area (Å²) in [6, 6.07) is 14.8. The Bertz CT molecular complexity index is 579. The largest absolute Gasteiger partial charge is 0.489 e. The highest BCUT2D eigenvalue weighted by Crippen LogP contribution is 2.18. The molecule has 20 heavy (non-hydrogen) atoms. The van der Waals surface area contributed by atoms with E-state index >= 15 is 0 Å². The van der Waals surface area contributed by atoms with Crippen molar-refractivity contribution in [2.75, 3.05) is 7.11 Å². The van der Waals surface area contributed by atoms with Gasteiger partial charge >= 0.3 is 5.97 Å². The van der Waals surface area contributed by atoms with Crippen molar-refractivity contribution in [2.45, 2.75) is 13.0 Å². The maximum absolute atomic E-state index is 11.4. The molecule has 2 aromatic rings. The Kier molecular flexibility index (Phi) is 5.02. The first-order chi connectivity index (χ1) is 9.69. The Morgan fingerprint density at radius 1 is 1.05 bits per heavy atom. The van der Waals surface area contributed by atoms with Crippen LogP contribution >= 0.6 is 11.6 Å². The van der Waals surface area contributed by atoms with Gasteiger partial charge in [0.25, 0.3) is 0 Å². The standard InChI is InChI=1S/C16H15ClO3/c1-19-16(18)10-12-4-2-3-5-13(12)11-20-15-8-6-14(17)7-9-15/h2-9H,10-11H2,1H3. The van der Waals surface area contributed by atoms with Crippen molar-refractivity contribution in [2.24, 2.45) is 0 Å². The molecular weight excluding hydrogens is 276 g/mol. The predicted molar refractivity (Wildman–Crippen MR) is 77.9 cm³/mol. The Hall–Kier alpha value is -2.00. The lowest BCUT2D eigenvalue weighted by Crippen LogP contribution is -2.08. The number of rotatable bonds is 5. The smallest absolute Gasteiger partial charge is 0.309 e. The van der Waals surface area contributed by atoms with Crippen molar-refractivity contribution in [3.05, 3.63) is 64.7 Å². The lowest BCUT2D eigenvalue weighted by molar-refractivity contribution is -0.139. The van der Waals surface area contributed by atoms with E-state index in [0.29, 0.717) is 11.6 Å². The summed E-state index contributed by atoms with van der Waals surface area (Å²) in [5, 5.41) is 0.670. The van der Waals surface area contributed by atoms with Crippen LogP contribution in [-0.4, -0.2) is 13.1 Å². The number of carbonyl (C=O) groups is 1. The molecule has 0 bridgehead atoms. The number of ether oxygens (including phenoxy) is 2.